The van der Waals surface area contributed by atoms with Crippen LogP contribution in [0.4, 0.5) is 5.69 Å². The van der Waals surface area contributed by atoms with E-state index in [4.69, 9.17) is 4.74 Å². The van der Waals surface area contributed by atoms with E-state index in [-0.39, 0.29) is 17.7 Å². The van der Waals surface area contributed by atoms with Crippen LogP contribution >= 0.6 is 0 Å². The van der Waals surface area contributed by atoms with Crippen LogP contribution in [0.15, 0.2) is 58.5 Å². The number of amides is 2. The second-order valence-corrected chi connectivity index (χ2v) is 9.68. The molecule has 194 valence electrons. The van der Waals surface area contributed by atoms with E-state index < -0.39 is 0 Å². The Morgan fingerprint density at radius 2 is 1.73 bits per heavy atom. The van der Waals surface area contributed by atoms with Gasteiger partial charge < -0.3 is 19.9 Å². The van der Waals surface area contributed by atoms with Crippen molar-refractivity contribution in [1.82, 2.24) is 14.7 Å². The highest BCUT2D eigenvalue weighted by Crippen LogP contribution is 2.21. The summed E-state index contributed by atoms with van der Waals surface area (Å²) >= 11 is 0. The van der Waals surface area contributed by atoms with Crippen LogP contribution in [0.1, 0.15) is 34.7 Å². The zero-order chi connectivity index (χ0) is 25.6. The normalized spacial score (nSPS) is 20.0. The van der Waals surface area contributed by atoms with E-state index in [1.54, 1.807) is 7.11 Å². The number of nitrogens with one attached hydrogen (secondary N) is 1. The maximum Gasteiger partial charge on any atom is 0.254 e. The first-order chi connectivity index (χ1) is 18.1. The van der Waals surface area contributed by atoms with Crippen LogP contribution in [0.5, 0.6) is 5.75 Å². The van der Waals surface area contributed by atoms with Gasteiger partial charge >= 0.3 is 0 Å². The van der Waals surface area contributed by atoms with Gasteiger partial charge in [-0.1, -0.05) is 18.2 Å². The number of methoxy groups -OCH3 is 1. The number of carbonyl (C=O) groups excluding carboxylic acids is 2. The Labute approximate surface area is 217 Å². The number of likely N-dealkylation sites (tertiary alicyclic amines) is 1. The van der Waals surface area contributed by atoms with Crippen molar-refractivity contribution in [2.24, 2.45) is 9.98 Å². The third-order valence-electron chi connectivity index (χ3n) is 7.20. The van der Waals surface area contributed by atoms with Crippen LogP contribution < -0.4 is 10.1 Å². The fourth-order valence-corrected chi connectivity index (χ4v) is 4.96. The number of rotatable bonds is 6. The summed E-state index contributed by atoms with van der Waals surface area (Å²) in [5.41, 5.74) is 2.54. The first-order valence-corrected chi connectivity index (χ1v) is 13.0. The molecule has 2 aromatic carbocycles. The van der Waals surface area contributed by atoms with Crippen molar-refractivity contribution < 1.29 is 14.3 Å². The van der Waals surface area contributed by atoms with E-state index in [1.165, 1.54) is 0 Å². The van der Waals surface area contributed by atoms with Crippen LogP contribution in [-0.4, -0.2) is 98.2 Å². The lowest BCUT2D eigenvalue weighted by atomic mass is 10.00. The molecule has 0 spiro atoms. The molecule has 2 fully saturated rings. The van der Waals surface area contributed by atoms with Crippen molar-refractivity contribution in [2.75, 3.05) is 64.8 Å². The maximum absolute atomic E-state index is 13.2. The number of aliphatic imine (C=N–C) groups is 2. The van der Waals surface area contributed by atoms with Crippen molar-refractivity contribution >= 4 is 29.7 Å². The van der Waals surface area contributed by atoms with Crippen molar-refractivity contribution in [2.45, 2.75) is 18.8 Å². The van der Waals surface area contributed by atoms with E-state index >= 15 is 0 Å². The zero-order valence-electron chi connectivity index (χ0n) is 21.3. The summed E-state index contributed by atoms with van der Waals surface area (Å²) < 4.78 is 5.23. The van der Waals surface area contributed by atoms with Gasteiger partial charge in [-0.2, -0.15) is 0 Å². The molecule has 1 N–H and O–H groups in total. The molecule has 3 aliphatic rings. The lowest BCUT2D eigenvalue weighted by Crippen LogP contribution is -2.51. The molecule has 3 aliphatic heterocycles. The number of hydrogen-bond donors (Lipinski definition) is 1. The van der Waals surface area contributed by atoms with Gasteiger partial charge in [0.05, 0.1) is 20.2 Å². The molecule has 2 saturated heterocycles. The predicted molar refractivity (Wildman–Crippen MR) is 145 cm³/mol. The Morgan fingerprint density at radius 1 is 0.973 bits per heavy atom. The number of carbonyl (C=O) groups is 2. The van der Waals surface area contributed by atoms with Gasteiger partial charge in [0.25, 0.3) is 5.91 Å². The Hall–Kier alpha value is -3.72. The van der Waals surface area contributed by atoms with E-state index in [2.05, 4.69) is 20.2 Å². The molecule has 0 bridgehead atoms. The average Bonchev–Trinajstić information content (AvgIpc) is 3.49. The van der Waals surface area contributed by atoms with Crippen molar-refractivity contribution in [3.8, 4) is 5.75 Å². The summed E-state index contributed by atoms with van der Waals surface area (Å²) in [6.45, 7) is 5.46. The standard InChI is InChI=1S/C28H34N6O3/c1-37-25-9-7-21(8-10-25)23-18-29-28(30-19-23)31-24-6-4-5-22(17-24)27(36)34-15-13-32(14-16-34)20-26(35)33-11-2-3-12-33/h4-10,17-18,23H,2-3,11-16,19-20H2,1H3,(H,30,31). The fourth-order valence-electron chi connectivity index (χ4n) is 4.96. The number of guanidine groups is 1. The fraction of sp³-hybridized carbons (Fsp3) is 0.429. The predicted octanol–water partition coefficient (Wildman–Crippen LogP) is 2.71. The molecular weight excluding hydrogens is 468 g/mol. The number of ether oxygens (including phenoxy) is 1. The molecule has 5 rings (SSSR count). The van der Waals surface area contributed by atoms with Gasteiger partial charge in [-0.05, 0) is 48.7 Å². The van der Waals surface area contributed by atoms with Gasteiger partial charge in [0.1, 0.15) is 5.75 Å². The molecule has 1 atom stereocenters. The highest BCUT2D eigenvalue weighted by molar-refractivity contribution is 6.02. The van der Waals surface area contributed by atoms with Gasteiger partial charge in [0.15, 0.2) is 0 Å². The van der Waals surface area contributed by atoms with Gasteiger partial charge in [-0.15, -0.1) is 0 Å². The molecule has 0 aliphatic carbocycles. The maximum atomic E-state index is 13.2. The SMILES string of the molecule is COc1ccc(C2C=NC(Nc3cccc(C(=O)N4CCN(CC(=O)N5CCCC5)CC4)c3)=NC2)cc1. The van der Waals surface area contributed by atoms with Crippen molar-refractivity contribution in [3.63, 3.8) is 0 Å². The van der Waals surface area contributed by atoms with Gasteiger partial charge in [0.2, 0.25) is 11.9 Å². The van der Waals surface area contributed by atoms with E-state index in [1.807, 2.05) is 64.5 Å². The van der Waals surface area contributed by atoms with E-state index in [0.717, 1.165) is 42.9 Å². The summed E-state index contributed by atoms with van der Waals surface area (Å²) in [7, 11) is 1.66. The molecule has 2 amide bonds. The highest BCUT2D eigenvalue weighted by atomic mass is 16.5. The monoisotopic (exact) mass is 502 g/mol. The second kappa shape index (κ2) is 11.6. The molecule has 1 unspecified atom stereocenters. The quantitative estimate of drug-likeness (QED) is 0.656. The Balaban J connectivity index is 1.12. The topological polar surface area (TPSA) is 89.8 Å². The number of anilines is 1. The largest absolute Gasteiger partial charge is 0.497 e. The Kier molecular flexibility index (Phi) is 7.79. The molecule has 9 nitrogen and oxygen atoms in total. The molecule has 0 saturated carbocycles. The Bertz CT molecular complexity index is 1160. The second-order valence-electron chi connectivity index (χ2n) is 9.68. The minimum Gasteiger partial charge on any atom is -0.497 e. The molecule has 2 aromatic rings. The highest BCUT2D eigenvalue weighted by Gasteiger charge is 2.26. The van der Waals surface area contributed by atoms with Gasteiger partial charge in [-0.25, -0.2) is 4.99 Å². The van der Waals surface area contributed by atoms with Crippen molar-refractivity contribution in [1.29, 1.82) is 0 Å². The third-order valence-corrected chi connectivity index (χ3v) is 7.20. The van der Waals surface area contributed by atoms with Gasteiger partial charge in [-0.3, -0.25) is 19.5 Å². The first-order valence-electron chi connectivity index (χ1n) is 13.0. The van der Waals surface area contributed by atoms with E-state index in [0.29, 0.717) is 50.8 Å². The molecule has 37 heavy (non-hydrogen) atoms. The average molecular weight is 503 g/mol. The summed E-state index contributed by atoms with van der Waals surface area (Å²) in [5, 5.41) is 3.24. The number of piperazine rings is 1. The minimum atomic E-state index is 0.00261. The molecule has 3 heterocycles. The molecule has 9 heteroatoms. The van der Waals surface area contributed by atoms with Crippen LogP contribution in [0.25, 0.3) is 0 Å². The smallest absolute Gasteiger partial charge is 0.254 e. The van der Waals surface area contributed by atoms with Crippen LogP contribution in [0.3, 0.4) is 0 Å². The molecule has 0 aromatic heterocycles. The van der Waals surface area contributed by atoms with Crippen molar-refractivity contribution in [3.05, 3.63) is 59.7 Å². The minimum absolute atomic E-state index is 0.00261. The number of nitrogens with zero attached hydrogens (tertiary/aromatic N) is 5. The zero-order valence-corrected chi connectivity index (χ0v) is 21.3. The van der Waals surface area contributed by atoms with E-state index in [9.17, 15) is 9.59 Å². The first kappa shape index (κ1) is 25.0. The summed E-state index contributed by atoms with van der Waals surface area (Å²) in [4.78, 5) is 40.7. The molecule has 0 radical (unpaired) electrons. The lowest BCUT2D eigenvalue weighted by molar-refractivity contribution is -0.131. The third kappa shape index (κ3) is 6.17. The Morgan fingerprint density at radius 3 is 2.41 bits per heavy atom. The van der Waals surface area contributed by atoms with Crippen LogP contribution in [0, 0.1) is 0 Å². The van der Waals surface area contributed by atoms with Crippen LogP contribution in [-0.2, 0) is 4.79 Å². The molecular formula is C28H34N6O3. The summed E-state index contributed by atoms with van der Waals surface area (Å²) in [6.07, 6.45) is 4.11. The lowest BCUT2D eigenvalue weighted by Gasteiger charge is -2.35. The number of benzene rings is 2. The van der Waals surface area contributed by atoms with Crippen LogP contribution in [0.2, 0.25) is 0 Å². The van der Waals surface area contributed by atoms with Gasteiger partial charge in [0, 0.05) is 62.7 Å². The summed E-state index contributed by atoms with van der Waals surface area (Å²) in [5.74, 6) is 1.69. The summed E-state index contributed by atoms with van der Waals surface area (Å²) in [6, 6.07) is 15.4. The number of hydrogen-bond acceptors (Lipinski definition) is 7.